The summed E-state index contributed by atoms with van der Waals surface area (Å²) < 4.78 is 2.71. The molecule has 1 unspecified atom stereocenters. The van der Waals surface area contributed by atoms with Crippen molar-refractivity contribution in [2.24, 2.45) is 14.1 Å². The zero-order valence-corrected chi connectivity index (χ0v) is 14.1. The van der Waals surface area contributed by atoms with Crippen molar-refractivity contribution in [1.29, 1.82) is 0 Å². The molecule has 1 fully saturated rings. The van der Waals surface area contributed by atoms with Gasteiger partial charge in [-0.3, -0.25) is 13.9 Å². The third-order valence-electron chi connectivity index (χ3n) is 4.93. The molecule has 1 atom stereocenters. The third kappa shape index (κ3) is 2.60. The molecule has 0 amide bonds. The summed E-state index contributed by atoms with van der Waals surface area (Å²) in [6, 6.07) is 12.0. The molecule has 23 heavy (non-hydrogen) atoms. The van der Waals surface area contributed by atoms with E-state index in [0.29, 0.717) is 11.7 Å². The minimum atomic E-state index is -0.286. The number of hydrogen-bond donors (Lipinski definition) is 0. The average Bonchev–Trinajstić information content (AvgIpc) is 2.85. The van der Waals surface area contributed by atoms with Crippen molar-refractivity contribution in [3.8, 4) is 0 Å². The summed E-state index contributed by atoms with van der Waals surface area (Å²) >= 11 is 0. The Morgan fingerprint density at radius 3 is 2.35 bits per heavy atom. The van der Waals surface area contributed by atoms with Gasteiger partial charge in [-0.25, -0.2) is 4.79 Å². The topological polar surface area (TPSA) is 47.2 Å². The van der Waals surface area contributed by atoms with Crippen LogP contribution < -0.4 is 16.1 Å². The molecule has 1 aliphatic heterocycles. The van der Waals surface area contributed by atoms with Crippen LogP contribution in [-0.2, 0) is 14.1 Å². The smallest absolute Gasteiger partial charge is 0.332 e. The molecule has 1 aromatic heterocycles. The van der Waals surface area contributed by atoms with Gasteiger partial charge in [-0.05, 0) is 25.8 Å². The monoisotopic (exact) mass is 313 g/mol. The molecule has 1 saturated heterocycles. The Balaban J connectivity index is 2.04. The number of benzene rings is 1. The number of rotatable bonds is 2. The molecule has 1 aliphatic rings. The van der Waals surface area contributed by atoms with E-state index in [0.717, 1.165) is 17.5 Å². The second-order valence-corrected chi connectivity index (χ2v) is 6.98. The van der Waals surface area contributed by atoms with Gasteiger partial charge in [-0.1, -0.05) is 30.3 Å². The second kappa shape index (κ2) is 5.41. The van der Waals surface area contributed by atoms with Crippen LogP contribution in [0.25, 0.3) is 0 Å². The van der Waals surface area contributed by atoms with Crippen molar-refractivity contribution in [2.75, 3.05) is 11.4 Å². The summed E-state index contributed by atoms with van der Waals surface area (Å²) in [5.74, 6) is 1.09. The molecule has 1 aromatic carbocycles. The van der Waals surface area contributed by atoms with Gasteiger partial charge in [0, 0.05) is 38.2 Å². The fourth-order valence-corrected chi connectivity index (χ4v) is 3.58. The van der Waals surface area contributed by atoms with E-state index < -0.39 is 0 Å². The molecular weight excluding hydrogens is 290 g/mol. The molecular formula is C18H23N3O2. The van der Waals surface area contributed by atoms with Crippen LogP contribution >= 0.6 is 0 Å². The highest BCUT2D eigenvalue weighted by atomic mass is 16.2. The molecule has 0 aliphatic carbocycles. The zero-order chi connectivity index (χ0) is 16.8. The van der Waals surface area contributed by atoms with Gasteiger partial charge < -0.3 is 4.90 Å². The van der Waals surface area contributed by atoms with Crippen LogP contribution in [0.3, 0.4) is 0 Å². The van der Waals surface area contributed by atoms with Crippen LogP contribution in [0.15, 0.2) is 46.0 Å². The van der Waals surface area contributed by atoms with E-state index in [-0.39, 0.29) is 16.8 Å². The van der Waals surface area contributed by atoms with Gasteiger partial charge in [0.2, 0.25) is 0 Å². The summed E-state index contributed by atoms with van der Waals surface area (Å²) in [7, 11) is 3.24. The van der Waals surface area contributed by atoms with Gasteiger partial charge >= 0.3 is 5.69 Å². The van der Waals surface area contributed by atoms with Crippen molar-refractivity contribution in [3.63, 3.8) is 0 Å². The summed E-state index contributed by atoms with van der Waals surface area (Å²) in [4.78, 5) is 26.5. The number of nitrogens with zero attached hydrogens (tertiary/aromatic N) is 3. The van der Waals surface area contributed by atoms with Crippen LogP contribution in [0.1, 0.15) is 31.7 Å². The fraction of sp³-hybridized carbons (Fsp3) is 0.444. The van der Waals surface area contributed by atoms with Gasteiger partial charge in [-0.15, -0.1) is 0 Å². The highest BCUT2D eigenvalue weighted by Crippen LogP contribution is 2.40. The van der Waals surface area contributed by atoms with E-state index >= 15 is 0 Å². The summed E-state index contributed by atoms with van der Waals surface area (Å²) in [6.07, 6.45) is 0.987. The second-order valence-electron chi connectivity index (χ2n) is 6.98. The van der Waals surface area contributed by atoms with Gasteiger partial charge in [0.05, 0.1) is 0 Å². The summed E-state index contributed by atoms with van der Waals surface area (Å²) in [5.41, 5.74) is 0.641. The lowest BCUT2D eigenvalue weighted by atomic mass is 9.91. The molecule has 5 heteroatoms. The Morgan fingerprint density at radius 1 is 1.04 bits per heavy atom. The lowest BCUT2D eigenvalue weighted by molar-refractivity contribution is 0.495. The van der Waals surface area contributed by atoms with E-state index in [9.17, 15) is 9.59 Å². The van der Waals surface area contributed by atoms with Crippen LogP contribution in [-0.4, -0.2) is 21.2 Å². The Kier molecular flexibility index (Phi) is 3.66. The molecule has 5 nitrogen and oxygen atoms in total. The molecule has 0 N–H and O–H groups in total. The highest BCUT2D eigenvalue weighted by molar-refractivity contribution is 5.46. The normalized spacial score (nSPS) is 20.0. The maximum atomic E-state index is 12.2. The summed E-state index contributed by atoms with van der Waals surface area (Å²) in [6.45, 7) is 5.13. The first-order valence-corrected chi connectivity index (χ1v) is 7.91. The first kappa shape index (κ1) is 15.6. The molecule has 2 aromatic rings. The van der Waals surface area contributed by atoms with E-state index in [1.165, 1.54) is 12.6 Å². The Labute approximate surface area is 135 Å². The first-order valence-electron chi connectivity index (χ1n) is 7.91. The van der Waals surface area contributed by atoms with Crippen LogP contribution in [0.4, 0.5) is 5.82 Å². The average molecular weight is 313 g/mol. The molecule has 0 spiro atoms. The minimum absolute atomic E-state index is 0.114. The molecule has 2 heterocycles. The Hall–Kier alpha value is -2.30. The number of hydrogen-bond acceptors (Lipinski definition) is 3. The van der Waals surface area contributed by atoms with Crippen molar-refractivity contribution in [1.82, 2.24) is 9.13 Å². The maximum absolute atomic E-state index is 12.2. The van der Waals surface area contributed by atoms with Crippen molar-refractivity contribution >= 4 is 5.82 Å². The van der Waals surface area contributed by atoms with Gasteiger partial charge in [0.15, 0.2) is 0 Å². The summed E-state index contributed by atoms with van der Waals surface area (Å²) in [5, 5.41) is 0. The fourth-order valence-electron chi connectivity index (χ4n) is 3.58. The lowest BCUT2D eigenvalue weighted by Crippen LogP contribution is -2.45. The quantitative estimate of drug-likeness (QED) is 0.850. The van der Waals surface area contributed by atoms with Gasteiger partial charge in [0.1, 0.15) is 5.82 Å². The molecule has 0 bridgehead atoms. The Bertz CT molecular complexity index is 834. The van der Waals surface area contributed by atoms with Crippen molar-refractivity contribution < 1.29 is 0 Å². The van der Waals surface area contributed by atoms with Gasteiger partial charge in [-0.2, -0.15) is 0 Å². The van der Waals surface area contributed by atoms with Crippen LogP contribution in [0, 0.1) is 0 Å². The lowest BCUT2D eigenvalue weighted by Gasteiger charge is -2.34. The highest BCUT2D eigenvalue weighted by Gasteiger charge is 2.40. The first-order chi connectivity index (χ1) is 10.8. The standard InChI is InChI=1S/C18H23N3O2/c1-18(2)11-14(13-8-6-5-7-9-13)12-21(18)15-10-16(22)20(4)17(23)19(15)3/h5-10,14H,11-12H2,1-4H3. The van der Waals surface area contributed by atoms with Crippen LogP contribution in [0.2, 0.25) is 0 Å². The number of aromatic nitrogens is 2. The molecule has 0 saturated carbocycles. The number of anilines is 1. The Morgan fingerprint density at radius 2 is 1.70 bits per heavy atom. The largest absolute Gasteiger partial charge is 0.352 e. The van der Waals surface area contributed by atoms with Gasteiger partial charge in [0.25, 0.3) is 5.56 Å². The predicted molar refractivity (Wildman–Crippen MR) is 92.1 cm³/mol. The predicted octanol–water partition coefficient (Wildman–Crippen LogP) is 1.86. The van der Waals surface area contributed by atoms with E-state index in [2.05, 4.69) is 43.0 Å². The van der Waals surface area contributed by atoms with E-state index in [1.54, 1.807) is 17.7 Å². The minimum Gasteiger partial charge on any atom is -0.352 e. The van der Waals surface area contributed by atoms with Crippen LogP contribution in [0.5, 0.6) is 0 Å². The SMILES string of the molecule is Cn1c(N2CC(c3ccccc3)CC2(C)C)cc(=O)n(C)c1=O. The van der Waals surface area contributed by atoms with Crippen molar-refractivity contribution in [2.45, 2.75) is 31.7 Å². The molecule has 0 radical (unpaired) electrons. The molecule has 3 rings (SSSR count). The maximum Gasteiger partial charge on any atom is 0.332 e. The third-order valence-corrected chi connectivity index (χ3v) is 4.93. The van der Waals surface area contributed by atoms with E-state index in [4.69, 9.17) is 0 Å². The van der Waals surface area contributed by atoms with Crippen molar-refractivity contribution in [3.05, 3.63) is 62.8 Å². The zero-order valence-electron chi connectivity index (χ0n) is 14.1. The molecule has 122 valence electrons. The van der Waals surface area contributed by atoms with E-state index in [1.807, 2.05) is 6.07 Å².